The van der Waals surface area contributed by atoms with Crippen molar-refractivity contribution in [3.8, 4) is 0 Å². The molecule has 4 nitrogen and oxygen atoms in total. The Labute approximate surface area is 115 Å². The van der Waals surface area contributed by atoms with Crippen LogP contribution in [-0.4, -0.2) is 14.5 Å². The van der Waals surface area contributed by atoms with E-state index in [-0.39, 0.29) is 10.9 Å². The number of halogens is 1. The van der Waals surface area contributed by atoms with Gasteiger partial charge in [-0.2, -0.15) is 0 Å². The minimum absolute atomic E-state index is 0.0237. The van der Waals surface area contributed by atoms with E-state index in [1.165, 1.54) is 6.07 Å². The summed E-state index contributed by atoms with van der Waals surface area (Å²) in [6.07, 6.45) is 6.57. The lowest BCUT2D eigenvalue weighted by molar-refractivity contribution is 0.522. The van der Waals surface area contributed by atoms with Crippen LogP contribution < -0.4 is 10.5 Å². The van der Waals surface area contributed by atoms with Gasteiger partial charge < -0.3 is 5.73 Å². The van der Waals surface area contributed by atoms with Gasteiger partial charge >= 0.3 is 0 Å². The van der Waals surface area contributed by atoms with E-state index in [1.54, 1.807) is 12.1 Å². The van der Waals surface area contributed by atoms with E-state index in [2.05, 4.69) is 26.7 Å². The average molecular weight is 331 g/mol. The minimum Gasteiger partial charge on any atom is -0.399 e. The molecule has 1 aliphatic rings. The number of sulfonamides is 1. The van der Waals surface area contributed by atoms with Crippen molar-refractivity contribution >= 4 is 31.6 Å². The summed E-state index contributed by atoms with van der Waals surface area (Å²) in [5.74, 6) is 0. The summed E-state index contributed by atoms with van der Waals surface area (Å²) in [5.41, 5.74) is 6.13. The first-order chi connectivity index (χ1) is 8.49. The fourth-order valence-electron chi connectivity index (χ4n) is 1.92. The molecule has 98 valence electrons. The highest BCUT2D eigenvalue weighted by Gasteiger charge is 2.22. The van der Waals surface area contributed by atoms with Crippen molar-refractivity contribution in [3.05, 3.63) is 34.8 Å². The zero-order valence-corrected chi connectivity index (χ0v) is 12.2. The average Bonchev–Trinajstić information content (AvgIpc) is 2.29. The van der Waals surface area contributed by atoms with Crippen molar-refractivity contribution < 1.29 is 8.42 Å². The molecule has 0 radical (unpaired) electrons. The Bertz CT molecular complexity index is 569. The van der Waals surface area contributed by atoms with E-state index in [0.29, 0.717) is 10.2 Å². The first-order valence-corrected chi connectivity index (χ1v) is 7.99. The molecular formula is C12H15BrN2O2S. The van der Waals surface area contributed by atoms with Crippen LogP contribution in [0.15, 0.2) is 39.7 Å². The lowest BCUT2D eigenvalue weighted by Crippen LogP contribution is -2.35. The molecule has 0 heterocycles. The Morgan fingerprint density at radius 3 is 2.72 bits per heavy atom. The van der Waals surface area contributed by atoms with Gasteiger partial charge in [0.05, 0.1) is 4.90 Å². The maximum absolute atomic E-state index is 12.2. The predicted molar refractivity (Wildman–Crippen MR) is 75.7 cm³/mol. The maximum atomic E-state index is 12.2. The molecule has 1 unspecified atom stereocenters. The van der Waals surface area contributed by atoms with E-state index in [0.717, 1.165) is 19.3 Å². The second-order valence-electron chi connectivity index (χ2n) is 4.29. The first-order valence-electron chi connectivity index (χ1n) is 5.71. The van der Waals surface area contributed by atoms with Crippen molar-refractivity contribution in [2.75, 3.05) is 5.73 Å². The number of anilines is 1. The molecule has 2 rings (SSSR count). The number of benzene rings is 1. The van der Waals surface area contributed by atoms with Gasteiger partial charge in [0.2, 0.25) is 10.0 Å². The molecule has 1 aromatic carbocycles. The summed E-state index contributed by atoms with van der Waals surface area (Å²) < 4.78 is 27.7. The molecule has 0 amide bonds. The number of allylic oxidation sites excluding steroid dienone is 1. The largest absolute Gasteiger partial charge is 0.399 e. The zero-order chi connectivity index (χ0) is 13.2. The van der Waals surface area contributed by atoms with E-state index in [9.17, 15) is 8.42 Å². The van der Waals surface area contributed by atoms with Gasteiger partial charge in [-0.3, -0.25) is 0 Å². The number of rotatable bonds is 3. The van der Waals surface area contributed by atoms with Gasteiger partial charge in [-0.1, -0.05) is 12.2 Å². The van der Waals surface area contributed by atoms with Gasteiger partial charge in [0.25, 0.3) is 0 Å². The standard InChI is InChI=1S/C12H15BrN2O2S/c13-11-8-9(14)6-7-12(11)18(16,17)15-10-4-2-1-3-5-10/h1-2,6-8,10,15H,3-5,14H2. The molecule has 1 atom stereocenters. The van der Waals surface area contributed by atoms with Crippen molar-refractivity contribution in [3.63, 3.8) is 0 Å². The maximum Gasteiger partial charge on any atom is 0.241 e. The van der Waals surface area contributed by atoms with E-state index >= 15 is 0 Å². The van der Waals surface area contributed by atoms with Gasteiger partial charge in [0.15, 0.2) is 0 Å². The predicted octanol–water partition coefficient (Wildman–Crippen LogP) is 2.42. The van der Waals surface area contributed by atoms with Crippen LogP contribution in [0.1, 0.15) is 19.3 Å². The Morgan fingerprint density at radius 1 is 1.33 bits per heavy atom. The smallest absolute Gasteiger partial charge is 0.241 e. The number of nitrogen functional groups attached to an aromatic ring is 1. The molecule has 0 aliphatic heterocycles. The van der Waals surface area contributed by atoms with Gasteiger partial charge in [0, 0.05) is 16.2 Å². The van der Waals surface area contributed by atoms with Crippen LogP contribution in [0, 0.1) is 0 Å². The first kappa shape index (κ1) is 13.6. The van der Waals surface area contributed by atoms with Crippen molar-refractivity contribution in [2.45, 2.75) is 30.2 Å². The lowest BCUT2D eigenvalue weighted by atomic mass is 10.0. The highest BCUT2D eigenvalue weighted by molar-refractivity contribution is 9.10. The highest BCUT2D eigenvalue weighted by atomic mass is 79.9. The van der Waals surface area contributed by atoms with Gasteiger partial charge in [-0.05, 0) is 53.4 Å². The van der Waals surface area contributed by atoms with Gasteiger partial charge in [0.1, 0.15) is 0 Å². The molecule has 6 heteroatoms. The molecule has 0 fully saturated rings. The van der Waals surface area contributed by atoms with Crippen LogP contribution in [0.25, 0.3) is 0 Å². The quantitative estimate of drug-likeness (QED) is 0.660. The third-order valence-corrected chi connectivity index (χ3v) is 5.33. The number of nitrogens with one attached hydrogen (secondary N) is 1. The Hall–Kier alpha value is -0.850. The molecule has 0 saturated heterocycles. The third-order valence-electron chi connectivity index (χ3n) is 2.84. The second-order valence-corrected chi connectivity index (χ2v) is 6.83. The van der Waals surface area contributed by atoms with Crippen LogP contribution in [0.5, 0.6) is 0 Å². The van der Waals surface area contributed by atoms with Gasteiger partial charge in [-0.15, -0.1) is 0 Å². The van der Waals surface area contributed by atoms with Crippen LogP contribution in [0.3, 0.4) is 0 Å². The molecule has 1 aliphatic carbocycles. The molecule has 0 saturated carbocycles. The van der Waals surface area contributed by atoms with E-state index in [4.69, 9.17) is 5.73 Å². The number of nitrogens with two attached hydrogens (primary N) is 1. The highest BCUT2D eigenvalue weighted by Crippen LogP contribution is 2.25. The van der Waals surface area contributed by atoms with Crippen LogP contribution >= 0.6 is 15.9 Å². The molecule has 3 N–H and O–H groups in total. The van der Waals surface area contributed by atoms with Crippen molar-refractivity contribution in [1.82, 2.24) is 4.72 Å². The summed E-state index contributed by atoms with van der Waals surface area (Å²) in [6, 6.07) is 4.67. The summed E-state index contributed by atoms with van der Waals surface area (Å²) in [6.45, 7) is 0. The van der Waals surface area contributed by atoms with Crippen molar-refractivity contribution in [1.29, 1.82) is 0 Å². The Kier molecular flexibility index (Phi) is 4.09. The van der Waals surface area contributed by atoms with Crippen LogP contribution in [0.2, 0.25) is 0 Å². The van der Waals surface area contributed by atoms with Crippen molar-refractivity contribution in [2.24, 2.45) is 0 Å². The topological polar surface area (TPSA) is 72.2 Å². The summed E-state index contributed by atoms with van der Waals surface area (Å²) in [5, 5.41) is 0. The molecule has 0 spiro atoms. The van der Waals surface area contributed by atoms with Crippen LogP contribution in [0.4, 0.5) is 5.69 Å². The SMILES string of the molecule is Nc1ccc(S(=O)(=O)NC2CC=CCC2)c(Br)c1. The molecule has 0 aromatic heterocycles. The van der Waals surface area contributed by atoms with Gasteiger partial charge in [-0.25, -0.2) is 13.1 Å². The summed E-state index contributed by atoms with van der Waals surface area (Å²) >= 11 is 3.23. The zero-order valence-electron chi connectivity index (χ0n) is 9.77. The summed E-state index contributed by atoms with van der Waals surface area (Å²) in [7, 11) is -3.49. The molecule has 18 heavy (non-hydrogen) atoms. The normalized spacial score (nSPS) is 19.9. The molecule has 1 aromatic rings. The fourth-order valence-corrected chi connectivity index (χ4v) is 4.30. The molecule has 0 bridgehead atoms. The summed E-state index contributed by atoms with van der Waals surface area (Å²) in [4.78, 5) is 0.228. The Morgan fingerprint density at radius 2 is 2.11 bits per heavy atom. The van der Waals surface area contributed by atoms with E-state index in [1.807, 2.05) is 6.08 Å². The number of hydrogen-bond donors (Lipinski definition) is 2. The second kappa shape index (κ2) is 5.42. The monoisotopic (exact) mass is 330 g/mol. The fraction of sp³-hybridized carbons (Fsp3) is 0.333. The third kappa shape index (κ3) is 3.13. The molecular weight excluding hydrogens is 316 g/mol. The van der Waals surface area contributed by atoms with E-state index < -0.39 is 10.0 Å². The van der Waals surface area contributed by atoms with Crippen LogP contribution in [-0.2, 0) is 10.0 Å². The Balaban J connectivity index is 2.22. The minimum atomic E-state index is -3.49. The lowest BCUT2D eigenvalue weighted by Gasteiger charge is -2.19. The number of hydrogen-bond acceptors (Lipinski definition) is 3.